The van der Waals surface area contributed by atoms with Crippen molar-refractivity contribution in [3.63, 3.8) is 0 Å². The number of hydrogen-bond donors (Lipinski definition) is 2. The van der Waals surface area contributed by atoms with Crippen molar-refractivity contribution < 1.29 is 9.53 Å². The summed E-state index contributed by atoms with van der Waals surface area (Å²) in [5, 5.41) is 6.07. The predicted octanol–water partition coefficient (Wildman–Crippen LogP) is 3.21. The molecule has 1 saturated carbocycles. The third-order valence-corrected chi connectivity index (χ3v) is 3.48. The number of ether oxygens (including phenoxy) is 1. The average Bonchev–Trinajstić information content (AvgIpc) is 3.32. The highest BCUT2D eigenvalue weighted by molar-refractivity contribution is 5.93. The van der Waals surface area contributed by atoms with Gasteiger partial charge in [-0.1, -0.05) is 0 Å². The number of hydrogen-bond acceptors (Lipinski definition) is 5. The van der Waals surface area contributed by atoms with Crippen LogP contribution in [0.25, 0.3) is 0 Å². The monoisotopic (exact) mass is 326 g/mol. The maximum Gasteiger partial charge on any atom is 0.270 e. The molecular formula is C18H22N4O2. The van der Waals surface area contributed by atoms with Gasteiger partial charge in [-0.2, -0.15) is 0 Å². The third-order valence-electron chi connectivity index (χ3n) is 3.48. The fourth-order valence-electron chi connectivity index (χ4n) is 2.25. The van der Waals surface area contributed by atoms with E-state index >= 15 is 0 Å². The highest BCUT2D eigenvalue weighted by Gasteiger charge is 2.24. The largest absolute Gasteiger partial charge is 0.491 e. The van der Waals surface area contributed by atoms with Crippen molar-refractivity contribution in [2.45, 2.75) is 45.8 Å². The van der Waals surface area contributed by atoms with Crippen LogP contribution < -0.4 is 15.4 Å². The van der Waals surface area contributed by atoms with Gasteiger partial charge < -0.3 is 15.4 Å². The van der Waals surface area contributed by atoms with Crippen molar-refractivity contribution in [1.82, 2.24) is 15.3 Å². The summed E-state index contributed by atoms with van der Waals surface area (Å²) in [6.07, 6.45) is 2.23. The SMILES string of the molecule is Cc1cc(C(=O)NC2CC2)nc(Nc2ccc(OC(C)C)cc2)n1. The van der Waals surface area contributed by atoms with Crippen LogP contribution in [-0.2, 0) is 0 Å². The van der Waals surface area contributed by atoms with Gasteiger partial charge in [-0.05, 0) is 63.9 Å². The number of nitrogens with one attached hydrogen (secondary N) is 2. The van der Waals surface area contributed by atoms with E-state index in [0.717, 1.165) is 30.0 Å². The second-order valence-corrected chi connectivity index (χ2v) is 6.28. The maximum absolute atomic E-state index is 12.2. The Labute approximate surface area is 141 Å². The standard InChI is InChI=1S/C18H22N4O2/c1-11(2)24-15-8-6-14(7-9-15)21-18-19-12(3)10-16(22-18)17(23)20-13-4-5-13/h6-11,13H,4-5H2,1-3H3,(H,20,23)(H,19,21,22). The van der Waals surface area contributed by atoms with Crippen molar-refractivity contribution in [3.05, 3.63) is 41.7 Å². The van der Waals surface area contributed by atoms with Crippen LogP contribution in [0.4, 0.5) is 11.6 Å². The lowest BCUT2D eigenvalue weighted by Crippen LogP contribution is -2.26. The maximum atomic E-state index is 12.2. The summed E-state index contributed by atoms with van der Waals surface area (Å²) in [5.74, 6) is 1.07. The van der Waals surface area contributed by atoms with Gasteiger partial charge in [0.25, 0.3) is 5.91 Å². The first-order chi connectivity index (χ1) is 11.5. The summed E-state index contributed by atoms with van der Waals surface area (Å²) in [7, 11) is 0. The van der Waals surface area contributed by atoms with Crippen LogP contribution in [0.15, 0.2) is 30.3 Å². The third kappa shape index (κ3) is 4.44. The topological polar surface area (TPSA) is 76.1 Å². The number of carbonyl (C=O) groups is 1. The van der Waals surface area contributed by atoms with Crippen molar-refractivity contribution in [3.8, 4) is 5.75 Å². The van der Waals surface area contributed by atoms with Crippen LogP contribution in [0, 0.1) is 6.92 Å². The van der Waals surface area contributed by atoms with E-state index in [1.54, 1.807) is 6.07 Å². The number of amides is 1. The number of carbonyl (C=O) groups excluding carboxylic acids is 1. The highest BCUT2D eigenvalue weighted by Crippen LogP contribution is 2.21. The molecule has 24 heavy (non-hydrogen) atoms. The predicted molar refractivity (Wildman–Crippen MR) is 92.7 cm³/mol. The molecule has 1 aromatic heterocycles. The molecule has 1 fully saturated rings. The number of aromatic nitrogens is 2. The van der Waals surface area contributed by atoms with E-state index in [0.29, 0.717) is 17.7 Å². The molecule has 3 rings (SSSR count). The van der Waals surface area contributed by atoms with E-state index in [2.05, 4.69) is 20.6 Å². The van der Waals surface area contributed by atoms with Crippen molar-refractivity contribution >= 4 is 17.5 Å². The summed E-state index contributed by atoms with van der Waals surface area (Å²) in [4.78, 5) is 20.8. The number of anilines is 2. The summed E-state index contributed by atoms with van der Waals surface area (Å²) in [5.41, 5.74) is 1.97. The van der Waals surface area contributed by atoms with E-state index in [4.69, 9.17) is 4.74 Å². The molecule has 1 aliphatic rings. The van der Waals surface area contributed by atoms with Gasteiger partial charge in [0.1, 0.15) is 11.4 Å². The first-order valence-corrected chi connectivity index (χ1v) is 8.20. The van der Waals surface area contributed by atoms with Crippen LogP contribution in [-0.4, -0.2) is 28.0 Å². The molecule has 0 unspecified atom stereocenters. The molecule has 1 amide bonds. The Bertz CT molecular complexity index is 724. The Kier molecular flexibility index (Phi) is 4.64. The molecule has 0 atom stereocenters. The zero-order chi connectivity index (χ0) is 17.1. The Morgan fingerprint density at radius 3 is 2.54 bits per heavy atom. The van der Waals surface area contributed by atoms with Crippen molar-refractivity contribution in [2.24, 2.45) is 0 Å². The molecule has 2 aromatic rings. The zero-order valence-electron chi connectivity index (χ0n) is 14.2. The Morgan fingerprint density at radius 1 is 1.21 bits per heavy atom. The van der Waals surface area contributed by atoms with E-state index in [-0.39, 0.29) is 12.0 Å². The van der Waals surface area contributed by atoms with Gasteiger partial charge in [0, 0.05) is 17.4 Å². The molecule has 0 aliphatic heterocycles. The zero-order valence-corrected chi connectivity index (χ0v) is 14.2. The Morgan fingerprint density at radius 2 is 1.92 bits per heavy atom. The lowest BCUT2D eigenvalue weighted by molar-refractivity contribution is 0.0946. The molecule has 2 N–H and O–H groups in total. The van der Waals surface area contributed by atoms with Crippen LogP contribution >= 0.6 is 0 Å². The van der Waals surface area contributed by atoms with Gasteiger partial charge in [0.05, 0.1) is 6.10 Å². The number of benzene rings is 1. The Balaban J connectivity index is 1.71. The van der Waals surface area contributed by atoms with E-state index in [1.165, 1.54) is 0 Å². The van der Waals surface area contributed by atoms with Crippen molar-refractivity contribution in [2.75, 3.05) is 5.32 Å². The van der Waals surface area contributed by atoms with Crippen molar-refractivity contribution in [1.29, 1.82) is 0 Å². The summed E-state index contributed by atoms with van der Waals surface area (Å²) in [6, 6.07) is 9.57. The van der Waals surface area contributed by atoms with E-state index in [9.17, 15) is 4.79 Å². The second kappa shape index (κ2) is 6.86. The molecule has 6 heteroatoms. The van der Waals surface area contributed by atoms with E-state index in [1.807, 2.05) is 45.0 Å². The minimum absolute atomic E-state index is 0.136. The van der Waals surface area contributed by atoms with Gasteiger partial charge in [-0.25, -0.2) is 9.97 Å². The smallest absolute Gasteiger partial charge is 0.270 e. The molecule has 6 nitrogen and oxygen atoms in total. The number of nitrogens with zero attached hydrogens (tertiary/aromatic N) is 2. The molecule has 0 bridgehead atoms. The number of aryl methyl sites for hydroxylation is 1. The molecule has 126 valence electrons. The average molecular weight is 326 g/mol. The molecule has 1 heterocycles. The van der Waals surface area contributed by atoms with Gasteiger partial charge in [-0.3, -0.25) is 4.79 Å². The molecule has 0 saturated heterocycles. The molecule has 0 spiro atoms. The van der Waals surface area contributed by atoms with Gasteiger partial charge >= 0.3 is 0 Å². The molecule has 1 aromatic carbocycles. The van der Waals surface area contributed by atoms with Crippen LogP contribution in [0.3, 0.4) is 0 Å². The first-order valence-electron chi connectivity index (χ1n) is 8.20. The van der Waals surface area contributed by atoms with Gasteiger partial charge in [0.15, 0.2) is 0 Å². The second-order valence-electron chi connectivity index (χ2n) is 6.28. The van der Waals surface area contributed by atoms with E-state index < -0.39 is 0 Å². The minimum atomic E-state index is -0.147. The summed E-state index contributed by atoms with van der Waals surface area (Å²) >= 11 is 0. The van der Waals surface area contributed by atoms with Crippen LogP contribution in [0.5, 0.6) is 5.75 Å². The lowest BCUT2D eigenvalue weighted by Gasteiger charge is -2.11. The fourth-order valence-corrected chi connectivity index (χ4v) is 2.25. The van der Waals surface area contributed by atoms with Crippen LogP contribution in [0.1, 0.15) is 42.9 Å². The van der Waals surface area contributed by atoms with Crippen LogP contribution in [0.2, 0.25) is 0 Å². The number of rotatable bonds is 6. The fraction of sp³-hybridized carbons (Fsp3) is 0.389. The molecule has 1 aliphatic carbocycles. The summed E-state index contributed by atoms with van der Waals surface area (Å²) < 4.78 is 5.62. The normalized spacial score (nSPS) is 13.7. The van der Waals surface area contributed by atoms with Gasteiger partial charge in [0.2, 0.25) is 5.95 Å². The minimum Gasteiger partial charge on any atom is -0.491 e. The molecular weight excluding hydrogens is 304 g/mol. The quantitative estimate of drug-likeness (QED) is 0.852. The first kappa shape index (κ1) is 16.2. The highest BCUT2D eigenvalue weighted by atomic mass is 16.5. The molecule has 0 radical (unpaired) electrons. The lowest BCUT2D eigenvalue weighted by atomic mass is 10.3. The van der Waals surface area contributed by atoms with Gasteiger partial charge in [-0.15, -0.1) is 0 Å². The Hall–Kier alpha value is -2.63. The summed E-state index contributed by atoms with van der Waals surface area (Å²) in [6.45, 7) is 5.82.